The molecule has 0 radical (unpaired) electrons. The van der Waals surface area contributed by atoms with E-state index in [1.54, 1.807) is 24.3 Å². The Morgan fingerprint density at radius 3 is 2.67 bits per heavy atom. The zero-order valence-electron chi connectivity index (χ0n) is 12.3. The van der Waals surface area contributed by atoms with E-state index in [1.807, 2.05) is 13.0 Å². The van der Waals surface area contributed by atoms with E-state index < -0.39 is 12.0 Å². The van der Waals surface area contributed by atoms with Gasteiger partial charge in [-0.05, 0) is 43.6 Å². The molecule has 0 aliphatic heterocycles. The molecule has 3 rings (SSSR count). The molecule has 1 aromatic carbocycles. The molecule has 2 bridgehead atoms. The van der Waals surface area contributed by atoms with Crippen molar-refractivity contribution in [3.05, 3.63) is 35.9 Å². The number of fused-ring (bicyclic) bond motifs is 2. The maximum absolute atomic E-state index is 12.0. The van der Waals surface area contributed by atoms with E-state index >= 15 is 0 Å². The van der Waals surface area contributed by atoms with Gasteiger partial charge in [0.05, 0.1) is 0 Å². The van der Waals surface area contributed by atoms with Gasteiger partial charge in [-0.3, -0.25) is 4.79 Å². The fraction of sp³-hybridized carbons (Fsp3) is 0.529. The highest BCUT2D eigenvalue weighted by molar-refractivity contribution is 5.88. The molecule has 112 valence electrons. The Morgan fingerprint density at radius 1 is 1.29 bits per heavy atom. The third-order valence-electron chi connectivity index (χ3n) is 4.98. The lowest BCUT2D eigenvalue weighted by molar-refractivity contribution is -0.129. The summed E-state index contributed by atoms with van der Waals surface area (Å²) in [5, 5.41) is 14.2. The minimum atomic E-state index is -1.16. The Kier molecular flexibility index (Phi) is 4.06. The van der Waals surface area contributed by atoms with Crippen LogP contribution < -0.4 is 5.43 Å². The molecule has 0 spiro atoms. The predicted molar refractivity (Wildman–Crippen MR) is 81.6 cm³/mol. The first-order chi connectivity index (χ1) is 10.1. The number of nitrogens with one attached hydrogen (secondary N) is 1. The number of amides is 1. The molecule has 0 heterocycles. The highest BCUT2D eigenvalue weighted by Crippen LogP contribution is 2.48. The normalized spacial score (nSPS) is 29.4. The predicted octanol–water partition coefficient (Wildman–Crippen LogP) is 2.65. The van der Waals surface area contributed by atoms with E-state index in [-0.39, 0.29) is 0 Å². The smallest absolute Gasteiger partial charge is 0.273 e. The van der Waals surface area contributed by atoms with Crippen LogP contribution in [-0.4, -0.2) is 16.7 Å². The first-order valence-corrected chi connectivity index (χ1v) is 7.72. The van der Waals surface area contributed by atoms with Gasteiger partial charge in [0.25, 0.3) is 5.91 Å². The Morgan fingerprint density at radius 2 is 2.05 bits per heavy atom. The van der Waals surface area contributed by atoms with E-state index in [4.69, 9.17) is 0 Å². The van der Waals surface area contributed by atoms with Crippen molar-refractivity contribution in [1.82, 2.24) is 5.43 Å². The van der Waals surface area contributed by atoms with E-state index in [9.17, 15) is 9.90 Å². The highest BCUT2D eigenvalue weighted by Gasteiger charge is 2.40. The number of aliphatic hydroxyl groups excluding tert-OH is 1. The van der Waals surface area contributed by atoms with Crippen LogP contribution >= 0.6 is 0 Å². The largest absolute Gasteiger partial charge is 0.378 e. The molecular formula is C17H22N2O2. The Bertz CT molecular complexity index is 541. The van der Waals surface area contributed by atoms with Crippen molar-refractivity contribution in [2.24, 2.45) is 22.9 Å². The van der Waals surface area contributed by atoms with E-state index in [0.29, 0.717) is 11.5 Å². The van der Waals surface area contributed by atoms with Gasteiger partial charge in [0, 0.05) is 11.6 Å². The number of benzene rings is 1. The standard InChI is InChI=1S/C17H22N2O2/c1-11(15-10-12-7-8-14(15)9-12)18-19-17(21)16(20)13-5-3-2-4-6-13/h2-6,12,14-16,20H,7-10H2,1H3,(H,19,21). The lowest BCUT2D eigenvalue weighted by Gasteiger charge is -2.21. The van der Waals surface area contributed by atoms with Gasteiger partial charge in [0.2, 0.25) is 0 Å². The first-order valence-electron chi connectivity index (χ1n) is 7.72. The van der Waals surface area contributed by atoms with Crippen LogP contribution in [0, 0.1) is 17.8 Å². The number of carbonyl (C=O) groups is 1. The number of nitrogens with zero attached hydrogens (tertiary/aromatic N) is 1. The fourth-order valence-corrected chi connectivity index (χ4v) is 3.83. The second kappa shape index (κ2) is 5.98. The van der Waals surface area contributed by atoms with Crippen molar-refractivity contribution in [2.45, 2.75) is 38.7 Å². The Balaban J connectivity index is 1.59. The molecule has 4 atom stereocenters. The number of rotatable bonds is 4. The molecule has 4 nitrogen and oxygen atoms in total. The van der Waals surface area contributed by atoms with Crippen LogP contribution in [0.2, 0.25) is 0 Å². The summed E-state index contributed by atoms with van der Waals surface area (Å²) in [6.45, 7) is 1.99. The molecule has 2 aliphatic rings. The third-order valence-corrected chi connectivity index (χ3v) is 4.98. The molecule has 4 heteroatoms. The third kappa shape index (κ3) is 3.00. The zero-order valence-corrected chi connectivity index (χ0v) is 12.3. The summed E-state index contributed by atoms with van der Waals surface area (Å²) in [4.78, 5) is 12.0. The van der Waals surface area contributed by atoms with Gasteiger partial charge in [0.1, 0.15) is 0 Å². The number of carbonyl (C=O) groups excluding carboxylic acids is 1. The quantitative estimate of drug-likeness (QED) is 0.660. The summed E-state index contributed by atoms with van der Waals surface area (Å²) in [5.41, 5.74) is 4.10. The Labute approximate surface area is 125 Å². The zero-order chi connectivity index (χ0) is 14.8. The second-order valence-electron chi connectivity index (χ2n) is 6.32. The second-order valence-corrected chi connectivity index (χ2v) is 6.32. The average molecular weight is 286 g/mol. The van der Waals surface area contributed by atoms with Crippen LogP contribution in [0.25, 0.3) is 0 Å². The topological polar surface area (TPSA) is 61.7 Å². The summed E-state index contributed by atoms with van der Waals surface area (Å²) in [7, 11) is 0. The van der Waals surface area contributed by atoms with Gasteiger partial charge in [0.15, 0.2) is 6.10 Å². The molecule has 0 aromatic heterocycles. The number of hydrogen-bond donors (Lipinski definition) is 2. The molecule has 2 saturated carbocycles. The summed E-state index contributed by atoms with van der Waals surface area (Å²) in [6.07, 6.45) is 4.01. The monoisotopic (exact) mass is 286 g/mol. The number of aliphatic hydroxyl groups is 1. The van der Waals surface area contributed by atoms with Crippen molar-refractivity contribution in [3.8, 4) is 0 Å². The maximum atomic E-state index is 12.0. The van der Waals surface area contributed by atoms with Crippen LogP contribution in [0.15, 0.2) is 35.4 Å². The van der Waals surface area contributed by atoms with Gasteiger partial charge in [-0.2, -0.15) is 5.10 Å². The summed E-state index contributed by atoms with van der Waals surface area (Å²) >= 11 is 0. The fourth-order valence-electron chi connectivity index (χ4n) is 3.83. The maximum Gasteiger partial charge on any atom is 0.273 e. The number of hydrogen-bond acceptors (Lipinski definition) is 3. The van der Waals surface area contributed by atoms with Crippen molar-refractivity contribution >= 4 is 11.6 Å². The summed E-state index contributed by atoms with van der Waals surface area (Å²) < 4.78 is 0. The van der Waals surface area contributed by atoms with E-state index in [2.05, 4.69) is 10.5 Å². The van der Waals surface area contributed by atoms with Crippen LogP contribution in [0.3, 0.4) is 0 Å². The van der Waals surface area contributed by atoms with Crippen LogP contribution in [0.4, 0.5) is 0 Å². The van der Waals surface area contributed by atoms with E-state index in [0.717, 1.165) is 17.5 Å². The molecule has 1 amide bonds. The lowest BCUT2D eigenvalue weighted by Crippen LogP contribution is -2.28. The molecule has 21 heavy (non-hydrogen) atoms. The molecule has 4 unspecified atom stereocenters. The van der Waals surface area contributed by atoms with Crippen molar-refractivity contribution < 1.29 is 9.90 Å². The van der Waals surface area contributed by atoms with Gasteiger partial charge in [-0.15, -0.1) is 0 Å². The molecule has 2 fully saturated rings. The first kappa shape index (κ1) is 14.3. The average Bonchev–Trinajstić information content (AvgIpc) is 3.15. The lowest BCUT2D eigenvalue weighted by atomic mass is 9.86. The molecule has 2 N–H and O–H groups in total. The summed E-state index contributed by atoms with van der Waals surface area (Å²) in [5.74, 6) is 1.65. The van der Waals surface area contributed by atoms with Gasteiger partial charge in [-0.1, -0.05) is 36.8 Å². The molecule has 1 aromatic rings. The van der Waals surface area contributed by atoms with Gasteiger partial charge < -0.3 is 5.11 Å². The molecule has 2 aliphatic carbocycles. The number of hydrazone groups is 1. The minimum absolute atomic E-state index is 0.469. The van der Waals surface area contributed by atoms with Gasteiger partial charge >= 0.3 is 0 Å². The van der Waals surface area contributed by atoms with Crippen molar-refractivity contribution in [2.75, 3.05) is 0 Å². The van der Waals surface area contributed by atoms with Crippen molar-refractivity contribution in [1.29, 1.82) is 0 Å². The molecular weight excluding hydrogens is 264 g/mol. The van der Waals surface area contributed by atoms with Crippen LogP contribution in [0.1, 0.15) is 44.3 Å². The SMILES string of the molecule is CC(=NNC(=O)C(O)c1ccccc1)C1CC2CCC1C2. The highest BCUT2D eigenvalue weighted by atomic mass is 16.3. The Hall–Kier alpha value is -1.68. The van der Waals surface area contributed by atoms with Crippen molar-refractivity contribution in [3.63, 3.8) is 0 Å². The van der Waals surface area contributed by atoms with Crippen LogP contribution in [-0.2, 0) is 4.79 Å². The molecule has 0 saturated heterocycles. The minimum Gasteiger partial charge on any atom is -0.378 e. The summed E-state index contributed by atoms with van der Waals surface area (Å²) in [6, 6.07) is 8.92. The van der Waals surface area contributed by atoms with Crippen LogP contribution in [0.5, 0.6) is 0 Å². The van der Waals surface area contributed by atoms with Gasteiger partial charge in [-0.25, -0.2) is 5.43 Å². The van der Waals surface area contributed by atoms with E-state index in [1.165, 1.54) is 25.7 Å².